The summed E-state index contributed by atoms with van der Waals surface area (Å²) in [5, 5.41) is 16.2. The van der Waals surface area contributed by atoms with Gasteiger partial charge >= 0.3 is 5.97 Å². The number of aliphatic carboxylic acids is 1. The lowest BCUT2D eigenvalue weighted by Gasteiger charge is -2.24. The lowest BCUT2D eigenvalue weighted by atomic mass is 9.90. The third-order valence-corrected chi connectivity index (χ3v) is 5.15. The number of fused-ring (bicyclic) bond motifs is 1. The Bertz CT molecular complexity index is 1080. The van der Waals surface area contributed by atoms with Crippen LogP contribution in [0.5, 0.6) is 23.0 Å². The van der Waals surface area contributed by atoms with Gasteiger partial charge in [-0.25, -0.2) is 0 Å². The second-order valence-electron chi connectivity index (χ2n) is 7.25. The molecule has 2 aromatic rings. The highest BCUT2D eigenvalue weighted by molar-refractivity contribution is 6.09. The van der Waals surface area contributed by atoms with E-state index in [-0.39, 0.29) is 6.42 Å². The van der Waals surface area contributed by atoms with E-state index in [2.05, 4.69) is 10.5 Å². The highest BCUT2D eigenvalue weighted by atomic mass is 16.7. The first-order chi connectivity index (χ1) is 15.4. The van der Waals surface area contributed by atoms with Crippen molar-refractivity contribution < 1.29 is 38.5 Å². The SMILES string of the molecule is COc1ccc(C2=NOC(CC(=O)O)(C(=O)Nc3ccc4c(c3)OCCO4)C2)cc1OC. The van der Waals surface area contributed by atoms with E-state index in [1.165, 1.54) is 14.2 Å². The van der Waals surface area contributed by atoms with Crippen LogP contribution in [0.1, 0.15) is 18.4 Å². The van der Waals surface area contributed by atoms with Crippen LogP contribution in [0.15, 0.2) is 41.6 Å². The minimum Gasteiger partial charge on any atom is -0.493 e. The van der Waals surface area contributed by atoms with Crippen LogP contribution in [0.25, 0.3) is 0 Å². The van der Waals surface area contributed by atoms with E-state index in [0.717, 1.165) is 0 Å². The van der Waals surface area contributed by atoms with Crippen molar-refractivity contribution in [3.05, 3.63) is 42.0 Å². The molecule has 2 aliphatic rings. The van der Waals surface area contributed by atoms with Crippen molar-refractivity contribution in [1.82, 2.24) is 0 Å². The largest absolute Gasteiger partial charge is 0.493 e. The number of amides is 1. The summed E-state index contributed by atoms with van der Waals surface area (Å²) in [6, 6.07) is 10.1. The Kier molecular flexibility index (Phi) is 5.76. The highest BCUT2D eigenvalue weighted by Crippen LogP contribution is 2.36. The van der Waals surface area contributed by atoms with E-state index >= 15 is 0 Å². The number of carbonyl (C=O) groups excluding carboxylic acids is 1. The number of rotatable bonds is 7. The normalized spacial score (nSPS) is 18.9. The number of carbonyl (C=O) groups is 2. The summed E-state index contributed by atoms with van der Waals surface area (Å²) < 4.78 is 21.5. The monoisotopic (exact) mass is 442 g/mol. The molecule has 1 amide bonds. The van der Waals surface area contributed by atoms with Crippen LogP contribution in [0.4, 0.5) is 5.69 Å². The number of carboxylic acid groups (broad SMARTS) is 1. The molecule has 168 valence electrons. The molecule has 0 aliphatic carbocycles. The van der Waals surface area contributed by atoms with Gasteiger partial charge in [-0.2, -0.15) is 0 Å². The van der Waals surface area contributed by atoms with Crippen molar-refractivity contribution >= 4 is 23.3 Å². The van der Waals surface area contributed by atoms with Gasteiger partial charge in [0, 0.05) is 23.7 Å². The summed E-state index contributed by atoms with van der Waals surface area (Å²) in [7, 11) is 3.03. The number of benzene rings is 2. The lowest BCUT2D eigenvalue weighted by Crippen LogP contribution is -2.45. The van der Waals surface area contributed by atoms with Gasteiger partial charge in [-0.1, -0.05) is 5.16 Å². The first kappa shape index (κ1) is 21.3. The number of methoxy groups -OCH3 is 2. The number of carboxylic acids is 1. The minimum atomic E-state index is -1.71. The average molecular weight is 442 g/mol. The summed E-state index contributed by atoms with van der Waals surface area (Å²) in [6.07, 6.45) is -0.602. The van der Waals surface area contributed by atoms with Crippen molar-refractivity contribution in [2.24, 2.45) is 5.16 Å². The Labute approximate surface area is 183 Å². The topological polar surface area (TPSA) is 125 Å². The molecule has 0 radical (unpaired) electrons. The molecule has 0 aromatic heterocycles. The van der Waals surface area contributed by atoms with Gasteiger partial charge < -0.3 is 34.2 Å². The second kappa shape index (κ2) is 8.66. The van der Waals surface area contributed by atoms with Gasteiger partial charge in [-0.15, -0.1) is 0 Å². The molecule has 1 atom stereocenters. The van der Waals surface area contributed by atoms with Gasteiger partial charge in [0.1, 0.15) is 13.2 Å². The molecule has 1 unspecified atom stereocenters. The molecular formula is C22H22N2O8. The average Bonchev–Trinajstić information content (AvgIpc) is 3.23. The van der Waals surface area contributed by atoms with Crippen molar-refractivity contribution in [1.29, 1.82) is 0 Å². The Morgan fingerprint density at radius 1 is 1.06 bits per heavy atom. The number of anilines is 1. The summed E-state index contributed by atoms with van der Waals surface area (Å²) in [4.78, 5) is 30.2. The van der Waals surface area contributed by atoms with Gasteiger partial charge in [0.05, 0.1) is 26.4 Å². The zero-order valence-electron chi connectivity index (χ0n) is 17.5. The quantitative estimate of drug-likeness (QED) is 0.670. The van der Waals surface area contributed by atoms with Crippen molar-refractivity contribution in [3.63, 3.8) is 0 Å². The third-order valence-electron chi connectivity index (χ3n) is 5.15. The molecule has 0 fully saturated rings. The van der Waals surface area contributed by atoms with E-state index in [0.29, 0.717) is 53.2 Å². The molecular weight excluding hydrogens is 420 g/mol. The molecule has 2 N–H and O–H groups in total. The second-order valence-corrected chi connectivity index (χ2v) is 7.25. The minimum absolute atomic E-state index is 0.0365. The van der Waals surface area contributed by atoms with Gasteiger partial charge in [0.25, 0.3) is 5.91 Å². The van der Waals surface area contributed by atoms with Gasteiger partial charge in [-0.05, 0) is 30.3 Å². The van der Waals surface area contributed by atoms with Crippen LogP contribution in [-0.4, -0.2) is 55.7 Å². The summed E-state index contributed by atoms with van der Waals surface area (Å²) >= 11 is 0. The maximum atomic E-state index is 13.2. The molecule has 0 bridgehead atoms. The molecule has 0 spiro atoms. The number of oxime groups is 1. The Morgan fingerprint density at radius 2 is 1.81 bits per heavy atom. The van der Waals surface area contributed by atoms with Crippen LogP contribution in [0.3, 0.4) is 0 Å². The standard InChI is InChI=1S/C22H22N2O8/c1-28-16-5-3-13(9-18(16)29-2)15-11-22(32-24-15,12-20(25)26)21(27)23-14-4-6-17-19(10-14)31-8-7-30-17/h3-6,9-10H,7-8,11-12H2,1-2H3,(H,23,27)(H,25,26). The summed E-state index contributed by atoms with van der Waals surface area (Å²) in [5.41, 5.74) is -0.236. The van der Waals surface area contributed by atoms with E-state index in [1.54, 1.807) is 36.4 Å². The molecule has 4 rings (SSSR count). The number of ether oxygens (including phenoxy) is 4. The Morgan fingerprint density at radius 3 is 2.53 bits per heavy atom. The van der Waals surface area contributed by atoms with Crippen LogP contribution >= 0.6 is 0 Å². The van der Waals surface area contributed by atoms with Crippen molar-refractivity contribution in [2.75, 3.05) is 32.8 Å². The van der Waals surface area contributed by atoms with E-state index in [1.807, 2.05) is 0 Å². The summed E-state index contributed by atoms with van der Waals surface area (Å²) in [6.45, 7) is 0.851. The number of hydrogen-bond donors (Lipinski definition) is 2. The number of nitrogens with zero attached hydrogens (tertiary/aromatic N) is 1. The van der Waals surface area contributed by atoms with Crippen molar-refractivity contribution in [3.8, 4) is 23.0 Å². The fourth-order valence-corrected chi connectivity index (χ4v) is 3.56. The maximum absolute atomic E-state index is 13.2. The van der Waals surface area contributed by atoms with Gasteiger partial charge in [0.15, 0.2) is 23.0 Å². The molecule has 0 saturated heterocycles. The molecule has 2 aliphatic heterocycles. The fraction of sp³-hybridized carbons (Fsp3) is 0.318. The van der Waals surface area contributed by atoms with Crippen LogP contribution in [0, 0.1) is 0 Å². The zero-order valence-corrected chi connectivity index (χ0v) is 17.5. The van der Waals surface area contributed by atoms with Crippen LogP contribution in [0.2, 0.25) is 0 Å². The highest BCUT2D eigenvalue weighted by Gasteiger charge is 2.49. The van der Waals surface area contributed by atoms with Crippen LogP contribution < -0.4 is 24.3 Å². The molecule has 2 heterocycles. The molecule has 10 nitrogen and oxygen atoms in total. The first-order valence-electron chi connectivity index (χ1n) is 9.84. The molecule has 32 heavy (non-hydrogen) atoms. The van der Waals surface area contributed by atoms with E-state index in [9.17, 15) is 14.7 Å². The fourth-order valence-electron chi connectivity index (χ4n) is 3.56. The Balaban J connectivity index is 1.56. The smallest absolute Gasteiger partial charge is 0.308 e. The predicted molar refractivity (Wildman–Crippen MR) is 113 cm³/mol. The third kappa shape index (κ3) is 4.11. The van der Waals surface area contributed by atoms with E-state index < -0.39 is 23.9 Å². The Hall–Kier alpha value is -3.95. The first-order valence-corrected chi connectivity index (χ1v) is 9.84. The predicted octanol–water partition coefficient (Wildman–Crippen LogP) is 2.45. The van der Waals surface area contributed by atoms with E-state index in [4.69, 9.17) is 23.8 Å². The molecule has 10 heteroatoms. The van der Waals surface area contributed by atoms with Crippen molar-refractivity contribution in [2.45, 2.75) is 18.4 Å². The number of hydrogen-bond acceptors (Lipinski definition) is 8. The van der Waals surface area contributed by atoms with Gasteiger partial charge in [-0.3, -0.25) is 9.59 Å². The maximum Gasteiger partial charge on any atom is 0.308 e. The zero-order chi connectivity index (χ0) is 22.7. The van der Waals surface area contributed by atoms with Gasteiger partial charge in [0.2, 0.25) is 5.60 Å². The van der Waals surface area contributed by atoms with Crippen LogP contribution in [-0.2, 0) is 14.4 Å². The molecule has 2 aromatic carbocycles. The number of nitrogens with one attached hydrogen (secondary N) is 1. The lowest BCUT2D eigenvalue weighted by molar-refractivity contribution is -0.152. The molecule has 0 saturated carbocycles. The summed E-state index contributed by atoms with van der Waals surface area (Å²) in [5.74, 6) is 0.261.